The summed E-state index contributed by atoms with van der Waals surface area (Å²) in [6, 6.07) is 10.5. The van der Waals surface area contributed by atoms with E-state index in [1.54, 1.807) is 19.1 Å². The number of halogens is 2. The summed E-state index contributed by atoms with van der Waals surface area (Å²) in [6.45, 7) is 3.84. The first-order chi connectivity index (χ1) is 10.5. The number of carbonyl (C=O) groups is 1. The third-order valence-electron chi connectivity index (χ3n) is 3.13. The van der Waals surface area contributed by atoms with Gasteiger partial charge in [0.1, 0.15) is 11.6 Å². The Kier molecular flexibility index (Phi) is 5.04. The number of hydrogen-bond donors (Lipinski definition) is 0. The molecule has 0 saturated carbocycles. The average Bonchev–Trinajstić information content (AvgIpc) is 2.47. The van der Waals surface area contributed by atoms with Gasteiger partial charge in [-0.1, -0.05) is 29.8 Å². The van der Waals surface area contributed by atoms with Gasteiger partial charge < -0.3 is 4.74 Å². The zero-order valence-electron chi connectivity index (χ0n) is 12.4. The average molecular weight is 302 g/mol. The van der Waals surface area contributed by atoms with Gasteiger partial charge in [-0.3, -0.25) is 0 Å². The molecule has 114 valence electrons. The maximum absolute atomic E-state index is 14.1. The third kappa shape index (κ3) is 3.79. The zero-order chi connectivity index (χ0) is 16.1. The minimum atomic E-state index is -0.726. The van der Waals surface area contributed by atoms with Gasteiger partial charge in [0.05, 0.1) is 6.61 Å². The Labute approximate surface area is 128 Å². The molecule has 4 heteroatoms. The maximum Gasteiger partial charge on any atom is 0.331 e. The highest BCUT2D eigenvalue weighted by molar-refractivity contribution is 5.96. The highest BCUT2D eigenvalue weighted by atomic mass is 19.1. The van der Waals surface area contributed by atoms with Gasteiger partial charge in [-0.2, -0.15) is 0 Å². The van der Waals surface area contributed by atoms with Crippen LogP contribution in [0.25, 0.3) is 5.57 Å². The van der Waals surface area contributed by atoms with Crippen LogP contribution in [0.4, 0.5) is 8.78 Å². The molecule has 0 aromatic heterocycles. The van der Waals surface area contributed by atoms with E-state index < -0.39 is 17.6 Å². The minimum absolute atomic E-state index is 0.151. The molecular formula is C18H16F2O2. The Bertz CT molecular complexity index is 704. The normalized spacial score (nSPS) is 11.4. The Morgan fingerprint density at radius 2 is 1.82 bits per heavy atom. The molecule has 0 atom stereocenters. The highest BCUT2D eigenvalue weighted by Gasteiger charge is 2.13. The minimum Gasteiger partial charge on any atom is -0.463 e. The van der Waals surface area contributed by atoms with Gasteiger partial charge in [-0.25, -0.2) is 13.6 Å². The number of rotatable bonds is 4. The highest BCUT2D eigenvalue weighted by Crippen LogP contribution is 2.26. The number of ether oxygens (including phenoxy) is 1. The van der Waals surface area contributed by atoms with Crippen LogP contribution in [0.2, 0.25) is 0 Å². The Morgan fingerprint density at radius 3 is 2.41 bits per heavy atom. The monoisotopic (exact) mass is 302 g/mol. The van der Waals surface area contributed by atoms with Crippen molar-refractivity contribution in [2.24, 2.45) is 0 Å². The summed E-state index contributed by atoms with van der Waals surface area (Å²) in [5.41, 5.74) is 2.21. The van der Waals surface area contributed by atoms with Crippen LogP contribution in [-0.2, 0) is 9.53 Å². The molecule has 0 aliphatic rings. The first-order valence-electron chi connectivity index (χ1n) is 6.92. The fraction of sp³-hybridized carbons (Fsp3) is 0.167. The number of carbonyl (C=O) groups excluding carboxylic acids is 1. The van der Waals surface area contributed by atoms with E-state index in [0.29, 0.717) is 11.1 Å². The van der Waals surface area contributed by atoms with Crippen molar-refractivity contribution in [2.75, 3.05) is 6.61 Å². The molecule has 0 bridgehead atoms. The molecule has 0 saturated heterocycles. The van der Waals surface area contributed by atoms with Crippen LogP contribution in [0.3, 0.4) is 0 Å². The molecule has 2 rings (SSSR count). The Morgan fingerprint density at radius 1 is 1.14 bits per heavy atom. The molecule has 0 unspecified atom stereocenters. The van der Waals surface area contributed by atoms with Crippen LogP contribution in [0.15, 0.2) is 48.5 Å². The van der Waals surface area contributed by atoms with E-state index in [-0.39, 0.29) is 12.2 Å². The van der Waals surface area contributed by atoms with E-state index >= 15 is 0 Å². The van der Waals surface area contributed by atoms with Crippen molar-refractivity contribution >= 4 is 11.5 Å². The van der Waals surface area contributed by atoms with Crippen molar-refractivity contribution in [3.05, 3.63) is 76.9 Å². The fourth-order valence-electron chi connectivity index (χ4n) is 2.06. The van der Waals surface area contributed by atoms with Crippen molar-refractivity contribution in [1.82, 2.24) is 0 Å². The summed E-state index contributed by atoms with van der Waals surface area (Å²) in [5.74, 6) is -1.96. The van der Waals surface area contributed by atoms with Gasteiger partial charge >= 0.3 is 5.97 Å². The van der Waals surface area contributed by atoms with Gasteiger partial charge in [0.25, 0.3) is 0 Å². The summed E-state index contributed by atoms with van der Waals surface area (Å²) in [4.78, 5) is 11.8. The van der Waals surface area contributed by atoms with Crippen LogP contribution in [0, 0.1) is 18.6 Å². The van der Waals surface area contributed by atoms with E-state index in [1.165, 1.54) is 12.1 Å². The number of aryl methyl sites for hydroxylation is 1. The quantitative estimate of drug-likeness (QED) is 0.623. The summed E-state index contributed by atoms with van der Waals surface area (Å²) >= 11 is 0. The SMILES string of the molecule is CCOC(=O)/C=C(\c1ccc(C)cc1)c1ccc(F)cc1F. The smallest absolute Gasteiger partial charge is 0.331 e. The van der Waals surface area contributed by atoms with Gasteiger partial charge in [0, 0.05) is 17.7 Å². The second-order valence-electron chi connectivity index (χ2n) is 4.80. The summed E-state index contributed by atoms with van der Waals surface area (Å²) in [7, 11) is 0. The molecule has 0 N–H and O–H groups in total. The lowest BCUT2D eigenvalue weighted by Crippen LogP contribution is -2.03. The molecule has 0 aliphatic carbocycles. The molecule has 0 aliphatic heterocycles. The molecule has 0 radical (unpaired) electrons. The molecule has 22 heavy (non-hydrogen) atoms. The van der Waals surface area contributed by atoms with Gasteiger partial charge in [0.15, 0.2) is 0 Å². The van der Waals surface area contributed by atoms with E-state index in [1.807, 2.05) is 19.1 Å². The number of benzene rings is 2. The molecule has 0 fully saturated rings. The molecule has 0 spiro atoms. The summed E-state index contributed by atoms with van der Waals surface area (Å²) in [6.07, 6.45) is 1.23. The Balaban J connectivity index is 2.54. The standard InChI is InChI=1S/C18H16F2O2/c1-3-22-18(21)11-16(13-6-4-12(2)5-7-13)15-9-8-14(19)10-17(15)20/h4-11H,3H2,1-2H3/b16-11+. The third-order valence-corrected chi connectivity index (χ3v) is 3.13. The summed E-state index contributed by atoms with van der Waals surface area (Å²) in [5, 5.41) is 0. The van der Waals surface area contributed by atoms with Gasteiger partial charge in [0.2, 0.25) is 0 Å². The van der Waals surface area contributed by atoms with Crippen molar-refractivity contribution in [2.45, 2.75) is 13.8 Å². The predicted molar refractivity (Wildman–Crippen MR) is 81.2 cm³/mol. The van der Waals surface area contributed by atoms with Crippen LogP contribution in [0.5, 0.6) is 0 Å². The Hall–Kier alpha value is -2.49. The largest absolute Gasteiger partial charge is 0.463 e. The van der Waals surface area contributed by atoms with Crippen molar-refractivity contribution in [3.8, 4) is 0 Å². The van der Waals surface area contributed by atoms with E-state index in [4.69, 9.17) is 4.74 Å². The lowest BCUT2D eigenvalue weighted by molar-refractivity contribution is -0.137. The van der Waals surface area contributed by atoms with Crippen molar-refractivity contribution < 1.29 is 18.3 Å². The molecule has 2 aromatic carbocycles. The first kappa shape index (κ1) is 15.9. The van der Waals surface area contributed by atoms with Crippen LogP contribution in [-0.4, -0.2) is 12.6 Å². The number of esters is 1. The van der Waals surface area contributed by atoms with Gasteiger partial charge in [-0.15, -0.1) is 0 Å². The molecule has 0 amide bonds. The molecule has 2 aromatic rings. The van der Waals surface area contributed by atoms with Crippen LogP contribution < -0.4 is 0 Å². The molecule has 0 heterocycles. The second kappa shape index (κ2) is 6.98. The second-order valence-corrected chi connectivity index (χ2v) is 4.80. The fourth-order valence-corrected chi connectivity index (χ4v) is 2.06. The van der Waals surface area contributed by atoms with Crippen LogP contribution >= 0.6 is 0 Å². The topological polar surface area (TPSA) is 26.3 Å². The van der Waals surface area contributed by atoms with Crippen molar-refractivity contribution in [3.63, 3.8) is 0 Å². The molecular weight excluding hydrogens is 286 g/mol. The lowest BCUT2D eigenvalue weighted by atomic mass is 9.96. The summed E-state index contributed by atoms with van der Waals surface area (Å²) < 4.78 is 32.1. The first-order valence-corrected chi connectivity index (χ1v) is 6.92. The van der Waals surface area contributed by atoms with E-state index in [0.717, 1.165) is 17.7 Å². The lowest BCUT2D eigenvalue weighted by Gasteiger charge is -2.10. The van der Waals surface area contributed by atoms with Gasteiger partial charge in [-0.05, 0) is 37.1 Å². The predicted octanol–water partition coefficient (Wildman–Crippen LogP) is 4.27. The van der Waals surface area contributed by atoms with Crippen molar-refractivity contribution in [1.29, 1.82) is 0 Å². The zero-order valence-corrected chi connectivity index (χ0v) is 12.4. The maximum atomic E-state index is 14.1. The van der Waals surface area contributed by atoms with E-state index in [2.05, 4.69) is 0 Å². The number of hydrogen-bond acceptors (Lipinski definition) is 2. The molecule has 2 nitrogen and oxygen atoms in total. The van der Waals surface area contributed by atoms with Crippen LogP contribution in [0.1, 0.15) is 23.6 Å². The van der Waals surface area contributed by atoms with E-state index in [9.17, 15) is 13.6 Å².